The first kappa shape index (κ1) is 15.0. The minimum Gasteiger partial charge on any atom is -0.394 e. The summed E-state index contributed by atoms with van der Waals surface area (Å²) in [7, 11) is 0. The lowest BCUT2D eigenvalue weighted by molar-refractivity contribution is -0.123. The first-order valence-electron chi connectivity index (χ1n) is 6.21. The van der Waals surface area contributed by atoms with E-state index in [2.05, 4.69) is 5.32 Å². The van der Waals surface area contributed by atoms with Gasteiger partial charge in [0.15, 0.2) is 0 Å². The number of carbonyl (C=O) groups excluding carboxylic acids is 1. The average Bonchev–Trinajstić information content (AvgIpc) is 2.36. The van der Waals surface area contributed by atoms with Crippen LogP contribution < -0.4 is 5.32 Å². The van der Waals surface area contributed by atoms with Crippen molar-refractivity contribution in [1.29, 1.82) is 0 Å². The summed E-state index contributed by atoms with van der Waals surface area (Å²) >= 11 is 5.87. The number of hydrogen-bond acceptors (Lipinski definition) is 2. The first-order valence-corrected chi connectivity index (χ1v) is 6.59. The van der Waals surface area contributed by atoms with E-state index < -0.39 is 5.54 Å². The molecule has 2 N–H and O–H groups in total. The van der Waals surface area contributed by atoms with Gasteiger partial charge in [-0.25, -0.2) is 0 Å². The number of nitrogens with one attached hydrogen (secondary N) is 1. The van der Waals surface area contributed by atoms with Crippen LogP contribution in [0.15, 0.2) is 24.3 Å². The predicted octanol–water partition coefficient (Wildman–Crippen LogP) is 2.55. The Morgan fingerprint density at radius 2 is 2.06 bits per heavy atom. The summed E-state index contributed by atoms with van der Waals surface area (Å²) in [4.78, 5) is 12.0. The van der Waals surface area contributed by atoms with E-state index in [4.69, 9.17) is 11.6 Å². The molecule has 0 aliphatic carbocycles. The molecular formula is C14H20ClNO2. The van der Waals surface area contributed by atoms with Crippen LogP contribution in [0.1, 0.15) is 32.3 Å². The number of halogens is 1. The van der Waals surface area contributed by atoms with Gasteiger partial charge in [0.2, 0.25) is 5.91 Å². The molecule has 0 radical (unpaired) electrons. The fraction of sp³-hybridized carbons (Fsp3) is 0.500. The number of amides is 1. The summed E-state index contributed by atoms with van der Waals surface area (Å²) in [6, 6.07) is 7.24. The average molecular weight is 270 g/mol. The summed E-state index contributed by atoms with van der Waals surface area (Å²) in [5.74, 6) is -0.0879. The molecule has 1 aromatic carbocycles. The molecule has 0 aliphatic heterocycles. The Hall–Kier alpha value is -1.06. The van der Waals surface area contributed by atoms with E-state index in [-0.39, 0.29) is 18.9 Å². The lowest BCUT2D eigenvalue weighted by Gasteiger charge is -2.30. The molecular weight excluding hydrogens is 250 g/mol. The maximum atomic E-state index is 12.0. The molecule has 1 rings (SSSR count). The third kappa shape index (κ3) is 4.00. The number of benzene rings is 1. The Morgan fingerprint density at radius 1 is 1.39 bits per heavy atom. The molecule has 0 heterocycles. The highest BCUT2D eigenvalue weighted by molar-refractivity contribution is 6.30. The van der Waals surface area contributed by atoms with E-state index >= 15 is 0 Å². The quantitative estimate of drug-likeness (QED) is 0.834. The van der Waals surface area contributed by atoms with Gasteiger partial charge in [0, 0.05) is 5.02 Å². The first-order chi connectivity index (χ1) is 8.55. The van der Waals surface area contributed by atoms with Gasteiger partial charge in [-0.05, 0) is 30.5 Å². The van der Waals surface area contributed by atoms with E-state index in [1.54, 1.807) is 12.1 Å². The van der Waals surface area contributed by atoms with Crippen LogP contribution in [0.5, 0.6) is 0 Å². The van der Waals surface area contributed by atoms with Gasteiger partial charge in [-0.3, -0.25) is 4.79 Å². The SMILES string of the molecule is CCC(CC)(CO)NC(=O)Cc1cccc(Cl)c1. The van der Waals surface area contributed by atoms with Gasteiger partial charge in [0.05, 0.1) is 18.6 Å². The number of aliphatic hydroxyl groups is 1. The van der Waals surface area contributed by atoms with E-state index in [1.165, 1.54) is 0 Å². The van der Waals surface area contributed by atoms with Crippen molar-refractivity contribution in [2.45, 2.75) is 38.6 Å². The van der Waals surface area contributed by atoms with Crippen LogP contribution in [0.4, 0.5) is 0 Å². The van der Waals surface area contributed by atoms with Crippen molar-refractivity contribution in [2.75, 3.05) is 6.61 Å². The van der Waals surface area contributed by atoms with Crippen molar-refractivity contribution in [1.82, 2.24) is 5.32 Å². The molecule has 0 bridgehead atoms. The standard InChI is InChI=1S/C14H20ClNO2/c1-3-14(4-2,10-17)16-13(18)9-11-6-5-7-12(15)8-11/h5-8,17H,3-4,9-10H2,1-2H3,(H,16,18). The molecule has 4 heteroatoms. The molecule has 0 aliphatic rings. The highest BCUT2D eigenvalue weighted by atomic mass is 35.5. The van der Waals surface area contributed by atoms with E-state index in [0.29, 0.717) is 17.9 Å². The molecule has 0 aromatic heterocycles. The predicted molar refractivity (Wildman–Crippen MR) is 73.7 cm³/mol. The molecule has 1 amide bonds. The molecule has 18 heavy (non-hydrogen) atoms. The van der Waals surface area contributed by atoms with Gasteiger partial charge in [-0.15, -0.1) is 0 Å². The van der Waals surface area contributed by atoms with Gasteiger partial charge in [0.25, 0.3) is 0 Å². The van der Waals surface area contributed by atoms with Gasteiger partial charge >= 0.3 is 0 Å². The molecule has 0 saturated carbocycles. The van der Waals surface area contributed by atoms with E-state index in [0.717, 1.165) is 5.56 Å². The number of aliphatic hydroxyl groups excluding tert-OH is 1. The molecule has 0 saturated heterocycles. The zero-order valence-corrected chi connectivity index (χ0v) is 11.6. The van der Waals surface area contributed by atoms with Crippen molar-refractivity contribution in [3.05, 3.63) is 34.9 Å². The second-order valence-corrected chi connectivity index (χ2v) is 4.94. The zero-order chi connectivity index (χ0) is 13.6. The molecule has 100 valence electrons. The minimum atomic E-state index is -0.504. The topological polar surface area (TPSA) is 49.3 Å². The Bertz CT molecular complexity index is 394. The van der Waals surface area contributed by atoms with Crippen LogP contribution in [0.3, 0.4) is 0 Å². The van der Waals surface area contributed by atoms with Crippen LogP contribution in [-0.2, 0) is 11.2 Å². The smallest absolute Gasteiger partial charge is 0.224 e. The Labute approximate surface area is 113 Å². The number of rotatable bonds is 6. The van der Waals surface area contributed by atoms with Crippen LogP contribution in [0.2, 0.25) is 5.02 Å². The lowest BCUT2D eigenvalue weighted by atomic mass is 9.93. The minimum absolute atomic E-state index is 0.0404. The van der Waals surface area contributed by atoms with Crippen molar-refractivity contribution in [3.63, 3.8) is 0 Å². The Balaban J connectivity index is 2.66. The van der Waals surface area contributed by atoms with Crippen LogP contribution >= 0.6 is 11.6 Å². The fourth-order valence-corrected chi connectivity index (χ4v) is 2.08. The van der Waals surface area contributed by atoms with Crippen molar-refractivity contribution in [3.8, 4) is 0 Å². The maximum Gasteiger partial charge on any atom is 0.224 e. The maximum absolute atomic E-state index is 12.0. The van der Waals surface area contributed by atoms with E-state index in [9.17, 15) is 9.90 Å². The van der Waals surface area contributed by atoms with Gasteiger partial charge < -0.3 is 10.4 Å². The van der Waals surface area contributed by atoms with E-state index in [1.807, 2.05) is 26.0 Å². The van der Waals surface area contributed by atoms with Crippen molar-refractivity contribution >= 4 is 17.5 Å². The Morgan fingerprint density at radius 3 is 2.56 bits per heavy atom. The number of hydrogen-bond donors (Lipinski definition) is 2. The monoisotopic (exact) mass is 269 g/mol. The summed E-state index contributed by atoms with van der Waals surface area (Å²) < 4.78 is 0. The molecule has 3 nitrogen and oxygen atoms in total. The molecule has 0 fully saturated rings. The normalized spacial score (nSPS) is 11.3. The van der Waals surface area contributed by atoms with Gasteiger partial charge in [-0.2, -0.15) is 0 Å². The highest BCUT2D eigenvalue weighted by Crippen LogP contribution is 2.15. The summed E-state index contributed by atoms with van der Waals surface area (Å²) in [6.07, 6.45) is 1.70. The fourth-order valence-electron chi connectivity index (χ4n) is 1.86. The summed E-state index contributed by atoms with van der Waals surface area (Å²) in [6.45, 7) is 3.88. The summed E-state index contributed by atoms with van der Waals surface area (Å²) in [5.41, 5.74) is 0.370. The molecule has 0 atom stereocenters. The second-order valence-electron chi connectivity index (χ2n) is 4.50. The largest absolute Gasteiger partial charge is 0.394 e. The third-order valence-corrected chi connectivity index (χ3v) is 3.55. The molecule has 0 unspecified atom stereocenters. The van der Waals surface area contributed by atoms with Crippen LogP contribution in [-0.4, -0.2) is 23.2 Å². The zero-order valence-electron chi connectivity index (χ0n) is 10.9. The van der Waals surface area contributed by atoms with Gasteiger partial charge in [-0.1, -0.05) is 37.6 Å². The third-order valence-electron chi connectivity index (χ3n) is 3.31. The molecule has 0 spiro atoms. The van der Waals surface area contributed by atoms with Gasteiger partial charge in [0.1, 0.15) is 0 Å². The van der Waals surface area contributed by atoms with Crippen LogP contribution in [0, 0.1) is 0 Å². The summed E-state index contributed by atoms with van der Waals surface area (Å²) in [5, 5.41) is 12.9. The number of carbonyl (C=O) groups is 1. The highest BCUT2D eigenvalue weighted by Gasteiger charge is 2.26. The lowest BCUT2D eigenvalue weighted by Crippen LogP contribution is -2.51. The Kier molecular flexibility index (Phi) is 5.63. The van der Waals surface area contributed by atoms with Crippen molar-refractivity contribution < 1.29 is 9.90 Å². The van der Waals surface area contributed by atoms with Crippen molar-refractivity contribution in [2.24, 2.45) is 0 Å². The second kappa shape index (κ2) is 6.76. The van der Waals surface area contributed by atoms with Crippen LogP contribution in [0.25, 0.3) is 0 Å². The molecule has 1 aromatic rings.